The van der Waals surface area contributed by atoms with Crippen LogP contribution in [-0.4, -0.2) is 52.6 Å². The lowest BCUT2D eigenvalue weighted by atomic mass is 9.99. The summed E-state index contributed by atoms with van der Waals surface area (Å²) in [6.45, 7) is -1.34. The fraction of sp³-hybridized carbons (Fsp3) is 0.500. The lowest BCUT2D eigenvalue weighted by Crippen LogP contribution is -2.60. The zero-order valence-corrected chi connectivity index (χ0v) is 11.2. The predicted molar refractivity (Wildman–Crippen MR) is 74.3 cm³/mol. The molecule has 0 spiro atoms. The molecular formula is C14H20N2O4. The van der Waals surface area contributed by atoms with Gasteiger partial charge in [-0.2, -0.15) is 0 Å². The van der Waals surface area contributed by atoms with Crippen LogP contribution in [0.2, 0.25) is 0 Å². The molecule has 1 unspecified atom stereocenters. The quantitative estimate of drug-likeness (QED) is 0.488. The molecule has 0 aromatic heterocycles. The molecule has 1 amide bonds. The second kappa shape index (κ2) is 6.32. The van der Waals surface area contributed by atoms with Gasteiger partial charge >= 0.3 is 0 Å². The van der Waals surface area contributed by atoms with Crippen molar-refractivity contribution in [2.45, 2.75) is 24.4 Å². The standard InChI is InChI=1S/C14H20N2O4/c17-7-14(8-18,9-19)16-12-6-5-10-3-1-2-4-11(10)15-13(12)20/h1-4,12,16-19H,5-9H2,(H,15,20). The van der Waals surface area contributed by atoms with E-state index in [-0.39, 0.29) is 5.91 Å². The minimum Gasteiger partial charge on any atom is -0.394 e. The summed E-state index contributed by atoms with van der Waals surface area (Å²) < 4.78 is 0. The van der Waals surface area contributed by atoms with Crippen molar-refractivity contribution >= 4 is 11.6 Å². The number of carbonyl (C=O) groups excluding carboxylic acids is 1. The highest BCUT2D eigenvalue weighted by Gasteiger charge is 2.34. The molecule has 6 nitrogen and oxygen atoms in total. The van der Waals surface area contributed by atoms with Crippen LogP contribution in [0.25, 0.3) is 0 Å². The Morgan fingerprint density at radius 1 is 1.20 bits per heavy atom. The van der Waals surface area contributed by atoms with Crippen molar-refractivity contribution in [3.05, 3.63) is 29.8 Å². The predicted octanol–water partition coefficient (Wildman–Crippen LogP) is -0.755. The molecule has 1 aliphatic rings. The molecule has 6 heteroatoms. The first-order chi connectivity index (χ1) is 9.64. The Kier molecular flexibility index (Phi) is 4.72. The number of anilines is 1. The number of hydrogen-bond donors (Lipinski definition) is 5. The van der Waals surface area contributed by atoms with E-state index in [0.717, 1.165) is 11.3 Å². The normalized spacial score (nSPS) is 19.1. The number of carbonyl (C=O) groups is 1. The van der Waals surface area contributed by atoms with Gasteiger partial charge in [-0.05, 0) is 24.5 Å². The van der Waals surface area contributed by atoms with Crippen molar-refractivity contribution < 1.29 is 20.1 Å². The molecule has 20 heavy (non-hydrogen) atoms. The van der Waals surface area contributed by atoms with Gasteiger partial charge in [0.1, 0.15) is 0 Å². The maximum absolute atomic E-state index is 12.2. The molecule has 1 aromatic carbocycles. The third-order valence-electron chi connectivity index (χ3n) is 3.68. The Labute approximate surface area is 117 Å². The van der Waals surface area contributed by atoms with Crippen molar-refractivity contribution in [3.8, 4) is 0 Å². The smallest absolute Gasteiger partial charge is 0.241 e. The van der Waals surface area contributed by atoms with E-state index in [9.17, 15) is 20.1 Å². The third kappa shape index (κ3) is 2.99. The van der Waals surface area contributed by atoms with Gasteiger partial charge in [-0.15, -0.1) is 0 Å². The summed E-state index contributed by atoms with van der Waals surface area (Å²) in [4.78, 5) is 12.2. The number of aliphatic hydroxyl groups is 3. The monoisotopic (exact) mass is 280 g/mol. The van der Waals surface area contributed by atoms with Gasteiger partial charge in [0.25, 0.3) is 0 Å². The largest absolute Gasteiger partial charge is 0.394 e. The molecule has 0 saturated carbocycles. The fourth-order valence-corrected chi connectivity index (χ4v) is 2.31. The number of benzene rings is 1. The third-order valence-corrected chi connectivity index (χ3v) is 3.68. The van der Waals surface area contributed by atoms with Crippen LogP contribution in [0, 0.1) is 0 Å². The van der Waals surface area contributed by atoms with Crippen LogP contribution in [0.4, 0.5) is 5.69 Å². The summed E-state index contributed by atoms with van der Waals surface area (Å²) in [7, 11) is 0. The Hall–Kier alpha value is -1.47. The van der Waals surface area contributed by atoms with E-state index in [4.69, 9.17) is 0 Å². The van der Waals surface area contributed by atoms with Crippen LogP contribution in [0.5, 0.6) is 0 Å². The summed E-state index contributed by atoms with van der Waals surface area (Å²) in [6, 6.07) is 6.99. The molecule has 0 aliphatic carbocycles. The summed E-state index contributed by atoms with van der Waals surface area (Å²) >= 11 is 0. The molecule has 1 heterocycles. The lowest BCUT2D eigenvalue weighted by molar-refractivity contribution is -0.119. The Balaban J connectivity index is 2.14. The molecule has 0 radical (unpaired) electrons. The van der Waals surface area contributed by atoms with Crippen molar-refractivity contribution in [2.75, 3.05) is 25.1 Å². The summed E-state index contributed by atoms with van der Waals surface area (Å²) in [5.74, 6) is -0.227. The average Bonchev–Trinajstić information content (AvgIpc) is 2.64. The average molecular weight is 280 g/mol. The topological polar surface area (TPSA) is 102 Å². The number of rotatable bonds is 5. The molecule has 1 aromatic rings. The van der Waals surface area contributed by atoms with Crippen LogP contribution < -0.4 is 10.6 Å². The van der Waals surface area contributed by atoms with E-state index in [0.29, 0.717) is 12.8 Å². The van der Waals surface area contributed by atoms with Gasteiger partial charge in [0.05, 0.1) is 31.4 Å². The van der Waals surface area contributed by atoms with Crippen LogP contribution in [0.3, 0.4) is 0 Å². The molecule has 0 saturated heterocycles. The van der Waals surface area contributed by atoms with Crippen LogP contribution >= 0.6 is 0 Å². The first-order valence-corrected chi connectivity index (χ1v) is 6.63. The van der Waals surface area contributed by atoms with Crippen molar-refractivity contribution in [1.82, 2.24) is 5.32 Å². The number of amides is 1. The molecular weight excluding hydrogens is 260 g/mol. The summed E-state index contributed by atoms with van der Waals surface area (Å²) in [5, 5.41) is 33.7. The number of aliphatic hydroxyl groups excluding tert-OH is 3. The van der Waals surface area contributed by atoms with Crippen LogP contribution in [-0.2, 0) is 11.2 Å². The molecule has 1 aliphatic heterocycles. The number of para-hydroxylation sites is 1. The molecule has 2 rings (SSSR count). The van der Waals surface area contributed by atoms with Gasteiger partial charge in [-0.1, -0.05) is 18.2 Å². The number of fused-ring (bicyclic) bond motifs is 1. The van der Waals surface area contributed by atoms with Gasteiger partial charge in [0.15, 0.2) is 0 Å². The van der Waals surface area contributed by atoms with Gasteiger partial charge in [0.2, 0.25) is 5.91 Å². The van der Waals surface area contributed by atoms with E-state index in [1.165, 1.54) is 0 Å². The maximum atomic E-state index is 12.2. The van der Waals surface area contributed by atoms with E-state index in [2.05, 4.69) is 10.6 Å². The van der Waals surface area contributed by atoms with E-state index < -0.39 is 31.4 Å². The lowest BCUT2D eigenvalue weighted by Gasteiger charge is -2.32. The van der Waals surface area contributed by atoms with Crippen molar-refractivity contribution in [1.29, 1.82) is 0 Å². The molecule has 5 N–H and O–H groups in total. The zero-order valence-electron chi connectivity index (χ0n) is 11.2. The Morgan fingerprint density at radius 2 is 1.85 bits per heavy atom. The van der Waals surface area contributed by atoms with Gasteiger partial charge in [-0.3, -0.25) is 10.1 Å². The minimum atomic E-state index is -1.25. The summed E-state index contributed by atoms with van der Waals surface area (Å²) in [6.07, 6.45) is 1.23. The van der Waals surface area contributed by atoms with E-state index in [1.807, 2.05) is 24.3 Å². The van der Waals surface area contributed by atoms with Gasteiger partial charge < -0.3 is 20.6 Å². The Morgan fingerprint density at radius 3 is 2.50 bits per heavy atom. The first-order valence-electron chi connectivity index (χ1n) is 6.63. The molecule has 0 bridgehead atoms. The number of hydrogen-bond acceptors (Lipinski definition) is 5. The fourth-order valence-electron chi connectivity index (χ4n) is 2.31. The van der Waals surface area contributed by atoms with Gasteiger partial charge in [-0.25, -0.2) is 0 Å². The molecule has 110 valence electrons. The van der Waals surface area contributed by atoms with Crippen LogP contribution in [0.15, 0.2) is 24.3 Å². The second-order valence-corrected chi connectivity index (χ2v) is 5.14. The first kappa shape index (κ1) is 14.9. The van der Waals surface area contributed by atoms with Crippen LogP contribution in [0.1, 0.15) is 12.0 Å². The van der Waals surface area contributed by atoms with Gasteiger partial charge in [0, 0.05) is 5.69 Å². The van der Waals surface area contributed by atoms with E-state index >= 15 is 0 Å². The number of aryl methyl sites for hydroxylation is 1. The highest BCUT2D eigenvalue weighted by molar-refractivity contribution is 5.96. The molecule has 0 fully saturated rings. The maximum Gasteiger partial charge on any atom is 0.241 e. The minimum absolute atomic E-state index is 0.227. The SMILES string of the molecule is O=C1Nc2ccccc2CCC1NC(CO)(CO)CO. The number of nitrogens with one attached hydrogen (secondary N) is 2. The Bertz CT molecular complexity index is 466. The highest BCUT2D eigenvalue weighted by Crippen LogP contribution is 2.22. The van der Waals surface area contributed by atoms with Crippen molar-refractivity contribution in [2.24, 2.45) is 0 Å². The highest BCUT2D eigenvalue weighted by atomic mass is 16.3. The summed E-state index contributed by atoms with van der Waals surface area (Å²) in [5.41, 5.74) is 0.579. The second-order valence-electron chi connectivity index (χ2n) is 5.14. The molecule has 1 atom stereocenters. The van der Waals surface area contributed by atoms with E-state index in [1.54, 1.807) is 0 Å². The van der Waals surface area contributed by atoms with Crippen molar-refractivity contribution in [3.63, 3.8) is 0 Å². The zero-order chi connectivity index (χ0) is 14.6.